The summed E-state index contributed by atoms with van der Waals surface area (Å²) in [7, 11) is 0. The number of nitrogens with zero attached hydrogens (tertiary/aromatic N) is 5. The molecule has 1 aliphatic carbocycles. The molecule has 29 heavy (non-hydrogen) atoms. The summed E-state index contributed by atoms with van der Waals surface area (Å²) in [5.41, 5.74) is 9.85. The lowest BCUT2D eigenvalue weighted by atomic mass is 10.1. The molecule has 7 nitrogen and oxygen atoms in total. The number of nitrogen functional groups attached to an aromatic ring is 1. The molecule has 0 amide bonds. The van der Waals surface area contributed by atoms with E-state index in [-0.39, 0.29) is 0 Å². The Morgan fingerprint density at radius 2 is 1.97 bits per heavy atom. The van der Waals surface area contributed by atoms with Crippen molar-refractivity contribution in [2.24, 2.45) is 0 Å². The first kappa shape index (κ1) is 17.6. The SMILES string of the molecule is Cc1ccn(-c2nc(N)c(NC3CCCC3)nc2-c2ccc3ncccc3c2)n1. The first-order valence-electron chi connectivity index (χ1n) is 9.99. The van der Waals surface area contributed by atoms with Crippen LogP contribution in [0.5, 0.6) is 0 Å². The normalized spacial score (nSPS) is 14.5. The Labute approximate surface area is 169 Å². The summed E-state index contributed by atoms with van der Waals surface area (Å²) in [6, 6.07) is 12.4. The minimum Gasteiger partial charge on any atom is -0.381 e. The quantitative estimate of drug-likeness (QED) is 0.549. The Hall–Kier alpha value is -3.48. The predicted molar refractivity (Wildman–Crippen MR) is 115 cm³/mol. The molecule has 0 bridgehead atoms. The molecule has 5 rings (SSSR count). The maximum Gasteiger partial charge on any atom is 0.182 e. The van der Waals surface area contributed by atoms with Crippen LogP contribution in [0.1, 0.15) is 31.4 Å². The van der Waals surface area contributed by atoms with Gasteiger partial charge in [-0.25, -0.2) is 14.6 Å². The first-order chi connectivity index (χ1) is 14.2. The Balaban J connectivity index is 1.66. The number of aryl methyl sites for hydroxylation is 1. The van der Waals surface area contributed by atoms with Crippen LogP contribution in [0, 0.1) is 6.92 Å². The molecule has 1 aliphatic rings. The summed E-state index contributed by atoms with van der Waals surface area (Å²) in [6.45, 7) is 1.95. The summed E-state index contributed by atoms with van der Waals surface area (Å²) in [5, 5.41) is 9.08. The molecule has 7 heteroatoms. The van der Waals surface area contributed by atoms with E-state index in [0.29, 0.717) is 23.5 Å². The Morgan fingerprint density at radius 1 is 1.10 bits per heavy atom. The van der Waals surface area contributed by atoms with Crippen molar-refractivity contribution in [3.05, 3.63) is 54.5 Å². The largest absolute Gasteiger partial charge is 0.381 e. The zero-order chi connectivity index (χ0) is 19.8. The third-order valence-electron chi connectivity index (χ3n) is 5.42. The van der Waals surface area contributed by atoms with Crippen molar-refractivity contribution in [3.63, 3.8) is 0 Å². The maximum atomic E-state index is 6.29. The second-order valence-electron chi connectivity index (χ2n) is 7.57. The van der Waals surface area contributed by atoms with Crippen LogP contribution in [0.15, 0.2) is 48.8 Å². The molecule has 1 saturated carbocycles. The zero-order valence-electron chi connectivity index (χ0n) is 16.3. The van der Waals surface area contributed by atoms with Crippen molar-refractivity contribution >= 4 is 22.5 Å². The molecule has 0 radical (unpaired) electrons. The minimum absolute atomic E-state index is 0.395. The summed E-state index contributed by atoms with van der Waals surface area (Å²) in [5.74, 6) is 1.66. The van der Waals surface area contributed by atoms with Gasteiger partial charge in [0.25, 0.3) is 0 Å². The third-order valence-corrected chi connectivity index (χ3v) is 5.42. The van der Waals surface area contributed by atoms with E-state index in [4.69, 9.17) is 15.7 Å². The van der Waals surface area contributed by atoms with Crippen LogP contribution in [0.2, 0.25) is 0 Å². The number of nitrogens with one attached hydrogen (secondary N) is 1. The smallest absolute Gasteiger partial charge is 0.182 e. The molecule has 3 N–H and O–H groups in total. The van der Waals surface area contributed by atoms with Gasteiger partial charge in [-0.3, -0.25) is 4.98 Å². The fourth-order valence-corrected chi connectivity index (χ4v) is 3.92. The second-order valence-corrected chi connectivity index (χ2v) is 7.57. The highest BCUT2D eigenvalue weighted by atomic mass is 15.3. The lowest BCUT2D eigenvalue weighted by molar-refractivity contribution is 0.748. The van der Waals surface area contributed by atoms with E-state index < -0.39 is 0 Å². The number of rotatable bonds is 4. The van der Waals surface area contributed by atoms with Gasteiger partial charge in [0, 0.05) is 29.4 Å². The molecule has 146 valence electrons. The van der Waals surface area contributed by atoms with Gasteiger partial charge in [-0.1, -0.05) is 25.0 Å². The summed E-state index contributed by atoms with van der Waals surface area (Å²) in [4.78, 5) is 14.0. The number of anilines is 2. The molecule has 0 saturated heterocycles. The summed E-state index contributed by atoms with van der Waals surface area (Å²) in [6.07, 6.45) is 8.43. The van der Waals surface area contributed by atoms with Crippen LogP contribution in [0.25, 0.3) is 28.0 Å². The average Bonchev–Trinajstić information content (AvgIpc) is 3.40. The summed E-state index contributed by atoms with van der Waals surface area (Å²) < 4.78 is 1.74. The molecule has 0 aliphatic heterocycles. The van der Waals surface area contributed by atoms with Gasteiger partial charge in [-0.15, -0.1) is 0 Å². The Kier molecular flexibility index (Phi) is 4.35. The molecular formula is C22H23N7. The molecule has 0 atom stereocenters. The van der Waals surface area contributed by atoms with Gasteiger partial charge in [-0.2, -0.15) is 5.10 Å². The van der Waals surface area contributed by atoms with Crippen molar-refractivity contribution in [2.45, 2.75) is 38.6 Å². The topological polar surface area (TPSA) is 94.5 Å². The lowest BCUT2D eigenvalue weighted by Gasteiger charge is -2.17. The second kappa shape index (κ2) is 7.16. The fourth-order valence-electron chi connectivity index (χ4n) is 3.92. The van der Waals surface area contributed by atoms with Crippen molar-refractivity contribution in [2.75, 3.05) is 11.1 Å². The van der Waals surface area contributed by atoms with E-state index in [2.05, 4.69) is 21.5 Å². The van der Waals surface area contributed by atoms with E-state index >= 15 is 0 Å². The van der Waals surface area contributed by atoms with Gasteiger partial charge >= 0.3 is 0 Å². The standard InChI is InChI=1S/C22H23N7/c1-14-10-12-29(28-14)22-19(16-8-9-18-15(13-16)5-4-11-24-18)26-21(20(23)27-22)25-17-6-2-3-7-17/h4-5,8-13,17H,2-3,6-7H2,1H3,(H2,23,27)(H,25,26). The molecule has 0 spiro atoms. The Morgan fingerprint density at radius 3 is 2.76 bits per heavy atom. The molecule has 4 aromatic rings. The molecule has 3 aromatic heterocycles. The van der Waals surface area contributed by atoms with Gasteiger partial charge in [0.05, 0.1) is 11.2 Å². The van der Waals surface area contributed by atoms with Crippen molar-refractivity contribution in [3.8, 4) is 17.1 Å². The molecular weight excluding hydrogens is 362 g/mol. The number of hydrogen-bond donors (Lipinski definition) is 2. The van der Waals surface area contributed by atoms with Crippen molar-refractivity contribution in [1.82, 2.24) is 24.7 Å². The molecule has 0 unspecified atom stereocenters. The van der Waals surface area contributed by atoms with Crippen LogP contribution < -0.4 is 11.1 Å². The number of aromatic nitrogens is 5. The van der Waals surface area contributed by atoms with Gasteiger partial charge in [0.2, 0.25) is 0 Å². The maximum absolute atomic E-state index is 6.29. The predicted octanol–water partition coefficient (Wildman–Crippen LogP) is 4.12. The lowest BCUT2D eigenvalue weighted by Crippen LogP contribution is -2.18. The van der Waals surface area contributed by atoms with E-state index in [1.165, 1.54) is 12.8 Å². The van der Waals surface area contributed by atoms with Crippen LogP contribution >= 0.6 is 0 Å². The number of fused-ring (bicyclic) bond motifs is 1. The minimum atomic E-state index is 0.395. The number of pyridine rings is 1. The van der Waals surface area contributed by atoms with Crippen LogP contribution in [0.3, 0.4) is 0 Å². The molecule has 1 aromatic carbocycles. The highest BCUT2D eigenvalue weighted by Crippen LogP contribution is 2.31. The van der Waals surface area contributed by atoms with Crippen molar-refractivity contribution in [1.29, 1.82) is 0 Å². The monoisotopic (exact) mass is 385 g/mol. The first-order valence-corrected chi connectivity index (χ1v) is 9.99. The van der Waals surface area contributed by atoms with Crippen LogP contribution in [-0.2, 0) is 0 Å². The molecule has 1 fully saturated rings. The van der Waals surface area contributed by atoms with Gasteiger partial charge in [0.1, 0.15) is 5.69 Å². The van der Waals surface area contributed by atoms with E-state index in [1.54, 1.807) is 10.9 Å². The zero-order valence-corrected chi connectivity index (χ0v) is 16.3. The van der Waals surface area contributed by atoms with Gasteiger partial charge < -0.3 is 11.1 Å². The van der Waals surface area contributed by atoms with Gasteiger partial charge in [0.15, 0.2) is 17.5 Å². The number of hydrogen-bond acceptors (Lipinski definition) is 6. The number of nitrogens with two attached hydrogens (primary N) is 1. The average molecular weight is 385 g/mol. The molecule has 3 heterocycles. The van der Waals surface area contributed by atoms with Crippen LogP contribution in [-0.4, -0.2) is 30.8 Å². The Bertz CT molecular complexity index is 1170. The fraction of sp³-hybridized carbons (Fsp3) is 0.273. The van der Waals surface area contributed by atoms with Crippen molar-refractivity contribution < 1.29 is 0 Å². The van der Waals surface area contributed by atoms with E-state index in [0.717, 1.165) is 40.7 Å². The van der Waals surface area contributed by atoms with Crippen LogP contribution in [0.4, 0.5) is 11.6 Å². The number of benzene rings is 1. The van der Waals surface area contributed by atoms with Gasteiger partial charge in [-0.05, 0) is 44.0 Å². The van der Waals surface area contributed by atoms with E-state index in [1.807, 2.05) is 43.5 Å². The third kappa shape index (κ3) is 3.40. The van der Waals surface area contributed by atoms with E-state index in [9.17, 15) is 0 Å². The highest BCUT2D eigenvalue weighted by molar-refractivity contribution is 5.85. The summed E-state index contributed by atoms with van der Waals surface area (Å²) >= 11 is 0. The highest BCUT2D eigenvalue weighted by Gasteiger charge is 2.20.